The van der Waals surface area contributed by atoms with Crippen molar-refractivity contribution >= 4 is 23.5 Å². The van der Waals surface area contributed by atoms with Gasteiger partial charge in [0.2, 0.25) is 11.8 Å². The van der Waals surface area contributed by atoms with Crippen molar-refractivity contribution < 1.29 is 19.5 Å². The van der Waals surface area contributed by atoms with Crippen molar-refractivity contribution in [3.8, 4) is 5.69 Å². The summed E-state index contributed by atoms with van der Waals surface area (Å²) >= 11 is 0. The molecule has 2 unspecified atom stereocenters. The van der Waals surface area contributed by atoms with E-state index in [-0.39, 0.29) is 24.2 Å². The van der Waals surface area contributed by atoms with Crippen molar-refractivity contribution in [3.05, 3.63) is 41.2 Å². The average molecular weight is 666 g/mol. The van der Waals surface area contributed by atoms with Crippen LogP contribution >= 0.6 is 0 Å². The zero-order valence-corrected chi connectivity index (χ0v) is 29.6. The SMILES string of the molecule is CCCC1CCN(CC(CC(=O)O)c2cc(N3CCN(C(=O)CCCC(=O)NCCCCCCN)CC3)cc(-n3nc(C)cc3C)c2)C1. The van der Waals surface area contributed by atoms with E-state index in [1.54, 1.807) is 0 Å². The van der Waals surface area contributed by atoms with E-state index in [9.17, 15) is 19.5 Å². The van der Waals surface area contributed by atoms with E-state index in [0.717, 1.165) is 73.6 Å². The molecule has 4 N–H and O–H groups in total. The fourth-order valence-electron chi connectivity index (χ4n) is 7.29. The number of amides is 2. The summed E-state index contributed by atoms with van der Waals surface area (Å²) in [6.07, 6.45) is 9.07. The van der Waals surface area contributed by atoms with Crippen LogP contribution in [0.1, 0.15) is 100 Å². The number of unbranched alkanes of at least 4 members (excludes halogenated alkanes) is 3. The molecule has 266 valence electrons. The number of benzene rings is 1. The second kappa shape index (κ2) is 18.9. The normalized spacial score (nSPS) is 17.5. The molecule has 1 aromatic heterocycles. The first kappa shape index (κ1) is 37.4. The number of nitrogens with one attached hydrogen (secondary N) is 1. The maximum absolute atomic E-state index is 13.0. The number of aliphatic carboxylic acids is 1. The van der Waals surface area contributed by atoms with Gasteiger partial charge >= 0.3 is 5.97 Å². The molecule has 11 heteroatoms. The van der Waals surface area contributed by atoms with Crippen LogP contribution in [0.4, 0.5) is 5.69 Å². The van der Waals surface area contributed by atoms with Gasteiger partial charge in [-0.05, 0) is 94.8 Å². The van der Waals surface area contributed by atoms with E-state index in [2.05, 4.69) is 46.3 Å². The smallest absolute Gasteiger partial charge is 0.304 e. The van der Waals surface area contributed by atoms with Crippen LogP contribution in [0.15, 0.2) is 24.3 Å². The number of anilines is 1. The lowest BCUT2D eigenvalue weighted by Crippen LogP contribution is -2.48. The Hall–Kier alpha value is -3.44. The molecular weight excluding hydrogens is 606 g/mol. The minimum atomic E-state index is -0.787. The average Bonchev–Trinajstić information content (AvgIpc) is 3.66. The van der Waals surface area contributed by atoms with Crippen molar-refractivity contribution in [2.75, 3.05) is 63.8 Å². The molecule has 0 spiro atoms. The van der Waals surface area contributed by atoms with Gasteiger partial charge in [0.25, 0.3) is 0 Å². The number of likely N-dealkylation sites (tertiary alicyclic amines) is 1. The van der Waals surface area contributed by atoms with Crippen LogP contribution in [0.3, 0.4) is 0 Å². The van der Waals surface area contributed by atoms with Gasteiger partial charge < -0.3 is 30.9 Å². The van der Waals surface area contributed by atoms with E-state index in [1.165, 1.54) is 19.3 Å². The lowest BCUT2D eigenvalue weighted by atomic mass is 9.93. The number of carbonyl (C=O) groups excluding carboxylic acids is 2. The number of piperazine rings is 1. The number of nitrogens with zero attached hydrogens (tertiary/aromatic N) is 5. The fourth-order valence-corrected chi connectivity index (χ4v) is 7.29. The van der Waals surface area contributed by atoms with Gasteiger partial charge in [0.05, 0.1) is 17.8 Å². The molecule has 48 heavy (non-hydrogen) atoms. The monoisotopic (exact) mass is 665 g/mol. The van der Waals surface area contributed by atoms with Gasteiger partial charge in [0, 0.05) is 76.0 Å². The van der Waals surface area contributed by atoms with Gasteiger partial charge in [0.1, 0.15) is 0 Å². The summed E-state index contributed by atoms with van der Waals surface area (Å²) in [5.41, 5.74) is 10.5. The van der Waals surface area contributed by atoms with Crippen molar-refractivity contribution in [2.45, 2.75) is 97.3 Å². The Morgan fingerprint density at radius 3 is 2.40 bits per heavy atom. The number of rotatable bonds is 19. The summed E-state index contributed by atoms with van der Waals surface area (Å²) in [4.78, 5) is 44.0. The molecule has 2 atom stereocenters. The van der Waals surface area contributed by atoms with Crippen LogP contribution in [0.2, 0.25) is 0 Å². The van der Waals surface area contributed by atoms with Crippen LogP contribution < -0.4 is 16.0 Å². The Labute approximate surface area is 287 Å². The van der Waals surface area contributed by atoms with Crippen molar-refractivity contribution in [1.29, 1.82) is 0 Å². The number of aryl methyl sites for hydroxylation is 2. The van der Waals surface area contributed by atoms with Gasteiger partial charge in [0.15, 0.2) is 0 Å². The molecule has 2 aliphatic rings. The predicted octanol–water partition coefficient (Wildman–Crippen LogP) is 4.62. The molecule has 2 fully saturated rings. The third-order valence-corrected chi connectivity index (χ3v) is 9.86. The Morgan fingerprint density at radius 1 is 0.958 bits per heavy atom. The van der Waals surface area contributed by atoms with E-state index in [0.29, 0.717) is 64.4 Å². The summed E-state index contributed by atoms with van der Waals surface area (Å²) in [6.45, 7) is 13.0. The van der Waals surface area contributed by atoms with Gasteiger partial charge in [-0.3, -0.25) is 14.4 Å². The van der Waals surface area contributed by atoms with Crippen LogP contribution in [0.5, 0.6) is 0 Å². The standard InChI is InChI=1S/C37H59N7O4/c1-4-10-30-13-16-41(26-30)27-32(24-37(47)48)31-22-33(25-34(23-31)44-29(3)21-28(2)40-44)42-17-19-43(20-18-42)36(46)12-9-11-35(45)39-15-8-6-5-7-14-38/h21-23,25,30,32H,4-20,24,26-27,38H2,1-3H3,(H,39,45)(H,47,48). The maximum atomic E-state index is 13.0. The van der Waals surface area contributed by atoms with Gasteiger partial charge in [-0.15, -0.1) is 0 Å². The number of hydrogen-bond donors (Lipinski definition) is 3. The number of carboxylic acids is 1. The Kier molecular flexibility index (Phi) is 14.7. The molecule has 3 heterocycles. The lowest BCUT2D eigenvalue weighted by molar-refractivity contribution is -0.137. The molecular formula is C37H59N7O4. The highest BCUT2D eigenvalue weighted by Crippen LogP contribution is 2.32. The second-order valence-electron chi connectivity index (χ2n) is 13.9. The first-order valence-corrected chi connectivity index (χ1v) is 18.3. The van der Waals surface area contributed by atoms with Crippen molar-refractivity contribution in [1.82, 2.24) is 24.9 Å². The minimum absolute atomic E-state index is 0.0106. The van der Waals surface area contributed by atoms with E-state index in [1.807, 2.05) is 23.4 Å². The molecule has 2 saturated heterocycles. The molecule has 2 aliphatic heterocycles. The van der Waals surface area contributed by atoms with Gasteiger partial charge in [-0.2, -0.15) is 5.10 Å². The maximum Gasteiger partial charge on any atom is 0.304 e. The van der Waals surface area contributed by atoms with Crippen molar-refractivity contribution in [2.24, 2.45) is 11.7 Å². The highest BCUT2D eigenvalue weighted by atomic mass is 16.4. The Morgan fingerprint density at radius 2 is 1.71 bits per heavy atom. The molecule has 0 radical (unpaired) electrons. The summed E-state index contributed by atoms with van der Waals surface area (Å²) in [7, 11) is 0. The summed E-state index contributed by atoms with van der Waals surface area (Å²) < 4.78 is 1.95. The van der Waals surface area contributed by atoms with E-state index >= 15 is 0 Å². The number of carbonyl (C=O) groups is 3. The molecule has 0 aliphatic carbocycles. The predicted molar refractivity (Wildman–Crippen MR) is 191 cm³/mol. The number of carboxylic acid groups (broad SMARTS) is 1. The zero-order chi connectivity index (χ0) is 34.5. The molecule has 0 bridgehead atoms. The Balaban J connectivity index is 1.39. The summed E-state index contributed by atoms with van der Waals surface area (Å²) in [5, 5.41) is 17.7. The van der Waals surface area contributed by atoms with Gasteiger partial charge in [-0.1, -0.05) is 26.2 Å². The number of hydrogen-bond acceptors (Lipinski definition) is 7. The topological polar surface area (TPSA) is 137 Å². The summed E-state index contributed by atoms with van der Waals surface area (Å²) in [5.74, 6) is -0.138. The highest BCUT2D eigenvalue weighted by molar-refractivity contribution is 5.79. The number of aromatic nitrogens is 2. The molecule has 1 aromatic carbocycles. The molecule has 2 amide bonds. The van der Waals surface area contributed by atoms with Crippen molar-refractivity contribution in [3.63, 3.8) is 0 Å². The second-order valence-corrected chi connectivity index (χ2v) is 13.9. The lowest BCUT2D eigenvalue weighted by Gasteiger charge is -2.37. The first-order chi connectivity index (χ1) is 23.2. The summed E-state index contributed by atoms with van der Waals surface area (Å²) in [6, 6.07) is 8.48. The van der Waals surface area contributed by atoms with E-state index < -0.39 is 5.97 Å². The third-order valence-electron chi connectivity index (χ3n) is 9.86. The fraction of sp³-hybridized carbons (Fsp3) is 0.676. The van der Waals surface area contributed by atoms with Crippen LogP contribution in [0.25, 0.3) is 5.69 Å². The number of nitrogens with two attached hydrogens (primary N) is 1. The highest BCUT2D eigenvalue weighted by Gasteiger charge is 2.28. The van der Waals surface area contributed by atoms with Crippen LogP contribution in [-0.4, -0.2) is 101 Å². The van der Waals surface area contributed by atoms with Crippen LogP contribution in [0, 0.1) is 19.8 Å². The Bertz CT molecular complexity index is 1340. The molecule has 0 saturated carbocycles. The largest absolute Gasteiger partial charge is 0.481 e. The zero-order valence-electron chi connectivity index (χ0n) is 29.6. The molecule has 11 nitrogen and oxygen atoms in total. The van der Waals surface area contributed by atoms with E-state index in [4.69, 9.17) is 10.8 Å². The molecule has 2 aromatic rings. The van der Waals surface area contributed by atoms with Crippen LogP contribution in [-0.2, 0) is 14.4 Å². The quantitative estimate of drug-likeness (QED) is 0.185. The minimum Gasteiger partial charge on any atom is -0.481 e. The first-order valence-electron chi connectivity index (χ1n) is 18.3. The third kappa shape index (κ3) is 11.3. The molecule has 4 rings (SSSR count). The van der Waals surface area contributed by atoms with Gasteiger partial charge in [-0.25, -0.2) is 4.68 Å².